The number of hydrogen-bond acceptors (Lipinski definition) is 2. The van der Waals surface area contributed by atoms with E-state index in [1.807, 2.05) is 64.0 Å². The first-order chi connectivity index (χ1) is 6.85. The summed E-state index contributed by atoms with van der Waals surface area (Å²) < 4.78 is 0. The highest BCUT2D eigenvalue weighted by molar-refractivity contribution is 5.48. The first-order valence-electron chi connectivity index (χ1n) is 5.36. The van der Waals surface area contributed by atoms with Gasteiger partial charge in [0.2, 0.25) is 0 Å². The van der Waals surface area contributed by atoms with Crippen molar-refractivity contribution >= 4 is 5.69 Å². The van der Waals surface area contributed by atoms with Crippen LogP contribution in [0.1, 0.15) is 26.3 Å². The quantitative estimate of drug-likeness (QED) is 0.823. The molecule has 0 aliphatic carbocycles. The van der Waals surface area contributed by atoms with Crippen LogP contribution in [-0.4, -0.2) is 19.2 Å². The fourth-order valence-electron chi connectivity index (χ4n) is 1.43. The summed E-state index contributed by atoms with van der Waals surface area (Å²) in [6.07, 6.45) is 0. The predicted molar refractivity (Wildman–Crippen MR) is 65.2 cm³/mol. The van der Waals surface area contributed by atoms with E-state index < -0.39 is 5.60 Å². The molecule has 1 aromatic carbocycles. The maximum absolute atomic E-state index is 10.4. The SMILES string of the molecule is CC(C)[C@@](C)(O)c1cccc(N(C)C)c1. The zero-order valence-electron chi connectivity index (χ0n) is 10.3. The second-order valence-electron chi connectivity index (χ2n) is 4.75. The Morgan fingerprint density at radius 1 is 1.27 bits per heavy atom. The van der Waals surface area contributed by atoms with Crippen LogP contribution in [0.25, 0.3) is 0 Å². The largest absolute Gasteiger partial charge is 0.385 e. The maximum Gasteiger partial charge on any atom is 0.0892 e. The molecule has 0 fully saturated rings. The molecule has 0 heterocycles. The van der Waals surface area contributed by atoms with Crippen molar-refractivity contribution in [3.05, 3.63) is 29.8 Å². The number of rotatable bonds is 3. The van der Waals surface area contributed by atoms with Gasteiger partial charge in [0, 0.05) is 19.8 Å². The van der Waals surface area contributed by atoms with E-state index in [1.54, 1.807) is 0 Å². The van der Waals surface area contributed by atoms with E-state index in [0.717, 1.165) is 11.3 Å². The van der Waals surface area contributed by atoms with Crippen LogP contribution in [0.5, 0.6) is 0 Å². The molecule has 1 rings (SSSR count). The van der Waals surface area contributed by atoms with Crippen LogP contribution in [-0.2, 0) is 5.60 Å². The van der Waals surface area contributed by atoms with Gasteiger partial charge in [-0.05, 0) is 30.5 Å². The summed E-state index contributed by atoms with van der Waals surface area (Å²) in [5.41, 5.74) is 1.34. The third-order valence-corrected chi connectivity index (χ3v) is 3.07. The molecule has 1 N–H and O–H groups in total. The molecule has 1 atom stereocenters. The van der Waals surface area contributed by atoms with Gasteiger partial charge in [-0.3, -0.25) is 0 Å². The summed E-state index contributed by atoms with van der Waals surface area (Å²) in [5, 5.41) is 10.4. The summed E-state index contributed by atoms with van der Waals surface area (Å²) in [6.45, 7) is 5.93. The van der Waals surface area contributed by atoms with Crippen LogP contribution in [0.3, 0.4) is 0 Å². The smallest absolute Gasteiger partial charge is 0.0892 e. The second-order valence-corrected chi connectivity index (χ2v) is 4.75. The molecule has 0 aromatic heterocycles. The van der Waals surface area contributed by atoms with Crippen LogP contribution in [0, 0.1) is 5.92 Å². The molecule has 0 radical (unpaired) electrons. The van der Waals surface area contributed by atoms with Crippen molar-refractivity contribution in [2.75, 3.05) is 19.0 Å². The normalized spacial score (nSPS) is 15.1. The number of benzene rings is 1. The van der Waals surface area contributed by atoms with Crippen LogP contribution in [0.2, 0.25) is 0 Å². The highest BCUT2D eigenvalue weighted by Gasteiger charge is 2.27. The van der Waals surface area contributed by atoms with E-state index in [4.69, 9.17) is 0 Å². The number of aliphatic hydroxyl groups is 1. The molecule has 0 bridgehead atoms. The minimum absolute atomic E-state index is 0.204. The minimum atomic E-state index is -0.758. The van der Waals surface area contributed by atoms with Gasteiger partial charge in [0.05, 0.1) is 5.60 Å². The summed E-state index contributed by atoms with van der Waals surface area (Å²) in [4.78, 5) is 2.04. The van der Waals surface area contributed by atoms with E-state index in [1.165, 1.54) is 0 Å². The Hall–Kier alpha value is -1.02. The van der Waals surface area contributed by atoms with Crippen molar-refractivity contribution in [2.45, 2.75) is 26.4 Å². The highest BCUT2D eigenvalue weighted by atomic mass is 16.3. The van der Waals surface area contributed by atoms with E-state index in [0.29, 0.717) is 0 Å². The fraction of sp³-hybridized carbons (Fsp3) is 0.538. The van der Waals surface area contributed by atoms with Crippen LogP contribution in [0.15, 0.2) is 24.3 Å². The Balaban J connectivity index is 3.10. The fourth-order valence-corrected chi connectivity index (χ4v) is 1.43. The summed E-state index contributed by atoms with van der Waals surface area (Å²) in [7, 11) is 4.01. The van der Waals surface area contributed by atoms with Gasteiger partial charge in [-0.1, -0.05) is 26.0 Å². The number of anilines is 1. The van der Waals surface area contributed by atoms with Crippen molar-refractivity contribution in [1.29, 1.82) is 0 Å². The Kier molecular flexibility index (Phi) is 3.40. The lowest BCUT2D eigenvalue weighted by Crippen LogP contribution is -2.28. The van der Waals surface area contributed by atoms with Gasteiger partial charge in [-0.25, -0.2) is 0 Å². The highest BCUT2D eigenvalue weighted by Crippen LogP contribution is 2.30. The zero-order chi connectivity index (χ0) is 11.6. The van der Waals surface area contributed by atoms with Crippen LogP contribution < -0.4 is 4.90 Å². The lowest BCUT2D eigenvalue weighted by atomic mass is 9.85. The summed E-state index contributed by atoms with van der Waals surface area (Å²) in [5.74, 6) is 0.204. The lowest BCUT2D eigenvalue weighted by Gasteiger charge is -2.29. The van der Waals surface area contributed by atoms with Gasteiger partial charge in [0.1, 0.15) is 0 Å². The molecule has 0 unspecified atom stereocenters. The van der Waals surface area contributed by atoms with Gasteiger partial charge in [-0.15, -0.1) is 0 Å². The summed E-state index contributed by atoms with van der Waals surface area (Å²) >= 11 is 0. The van der Waals surface area contributed by atoms with Crippen molar-refractivity contribution in [3.8, 4) is 0 Å². The first-order valence-corrected chi connectivity index (χ1v) is 5.36. The topological polar surface area (TPSA) is 23.5 Å². The molecule has 2 nitrogen and oxygen atoms in total. The van der Waals surface area contributed by atoms with Gasteiger partial charge in [0.25, 0.3) is 0 Å². The molecule has 0 saturated carbocycles. The molecule has 0 spiro atoms. The van der Waals surface area contributed by atoms with Gasteiger partial charge >= 0.3 is 0 Å². The van der Waals surface area contributed by atoms with E-state index in [2.05, 4.69) is 0 Å². The van der Waals surface area contributed by atoms with Crippen molar-refractivity contribution in [3.63, 3.8) is 0 Å². The van der Waals surface area contributed by atoms with Gasteiger partial charge in [0.15, 0.2) is 0 Å². The minimum Gasteiger partial charge on any atom is -0.385 e. The predicted octanol–water partition coefficient (Wildman–Crippen LogP) is 2.62. The Labute approximate surface area is 92.5 Å². The van der Waals surface area contributed by atoms with E-state index in [-0.39, 0.29) is 5.92 Å². The Morgan fingerprint density at radius 3 is 2.33 bits per heavy atom. The lowest BCUT2D eigenvalue weighted by molar-refractivity contribution is 0.00909. The zero-order valence-corrected chi connectivity index (χ0v) is 10.3. The van der Waals surface area contributed by atoms with Crippen molar-refractivity contribution in [2.24, 2.45) is 5.92 Å². The third-order valence-electron chi connectivity index (χ3n) is 3.07. The average Bonchev–Trinajstić information content (AvgIpc) is 2.17. The molecule has 1 aromatic rings. The van der Waals surface area contributed by atoms with Crippen molar-refractivity contribution in [1.82, 2.24) is 0 Å². The molecule has 0 aliphatic rings. The molecule has 84 valence electrons. The molecular formula is C13H21NO. The van der Waals surface area contributed by atoms with Crippen LogP contribution >= 0.6 is 0 Å². The van der Waals surface area contributed by atoms with Gasteiger partial charge in [-0.2, -0.15) is 0 Å². The average molecular weight is 207 g/mol. The molecule has 0 aliphatic heterocycles. The Morgan fingerprint density at radius 2 is 1.87 bits per heavy atom. The van der Waals surface area contributed by atoms with E-state index in [9.17, 15) is 5.11 Å². The molecule has 0 amide bonds. The van der Waals surface area contributed by atoms with Crippen molar-refractivity contribution < 1.29 is 5.11 Å². The van der Waals surface area contributed by atoms with Crippen LogP contribution in [0.4, 0.5) is 5.69 Å². The van der Waals surface area contributed by atoms with Gasteiger partial charge < -0.3 is 10.0 Å². The number of hydrogen-bond donors (Lipinski definition) is 1. The molecule has 0 saturated heterocycles. The molecule has 15 heavy (non-hydrogen) atoms. The Bertz CT molecular complexity index is 329. The maximum atomic E-state index is 10.4. The number of nitrogens with zero attached hydrogens (tertiary/aromatic N) is 1. The summed E-state index contributed by atoms with van der Waals surface area (Å²) in [6, 6.07) is 8.05. The molecular weight excluding hydrogens is 186 g/mol. The molecule has 2 heteroatoms. The monoisotopic (exact) mass is 207 g/mol. The third kappa shape index (κ3) is 2.51. The standard InChI is InChI=1S/C13H21NO/c1-10(2)13(3,15)11-7-6-8-12(9-11)14(4)5/h6-10,15H,1-5H3/t13-/m1/s1. The van der Waals surface area contributed by atoms with E-state index >= 15 is 0 Å². The first kappa shape index (κ1) is 12.1. The second kappa shape index (κ2) is 4.23.